The van der Waals surface area contributed by atoms with E-state index in [0.717, 1.165) is 87.8 Å². The Hall–Kier alpha value is -9.78. The molecule has 0 bridgehead atoms. The summed E-state index contributed by atoms with van der Waals surface area (Å²) in [7, 11) is 0. The van der Waals surface area contributed by atoms with E-state index in [-0.39, 0.29) is 91.7 Å². The van der Waals surface area contributed by atoms with E-state index in [1.54, 1.807) is 53.7 Å². The normalized spacial score (nSPS) is 9.55. The molecule has 9 aromatic heterocycles. The zero-order valence-electron chi connectivity index (χ0n) is 54.4. The van der Waals surface area contributed by atoms with E-state index in [2.05, 4.69) is 138 Å². The Kier molecular flexibility index (Phi) is 37.2. The minimum atomic E-state index is 0. The van der Waals surface area contributed by atoms with E-state index in [9.17, 15) is 0 Å². The number of hydrogen-bond donors (Lipinski definition) is 0. The Morgan fingerprint density at radius 3 is 0.767 bits per heavy atom. The van der Waals surface area contributed by atoms with E-state index in [0.29, 0.717) is 0 Å². The number of thiophene rings is 2. The predicted molar refractivity (Wildman–Crippen MR) is 411 cm³/mol. The third kappa shape index (κ3) is 25.9. The number of pyridine rings is 7. The summed E-state index contributed by atoms with van der Waals surface area (Å²) in [6.07, 6.45) is 12.6. The second-order valence-electron chi connectivity index (χ2n) is 20.8. The second-order valence-corrected chi connectivity index (χ2v) is 22.6. The largest absolute Gasteiger partial charge is 2.00 e. The molecule has 0 aliphatic heterocycles. The van der Waals surface area contributed by atoms with E-state index in [1.807, 2.05) is 284 Å². The average Bonchev–Trinajstić information content (AvgIpc) is 1.24. The molecule has 13 heteroatoms. The average molecular weight is 2090 g/mol. The van der Waals surface area contributed by atoms with Gasteiger partial charge in [-0.2, -0.15) is 72.8 Å². The predicted octanol–water partition coefficient (Wildman–Crippen LogP) is 22.8. The Labute approximate surface area is 670 Å². The smallest absolute Gasteiger partial charge is 0.319 e. The van der Waals surface area contributed by atoms with Gasteiger partial charge in [0.25, 0.3) is 0 Å². The number of aromatic nitrogens is 7. The molecule has 514 valence electrons. The van der Waals surface area contributed by atoms with Crippen molar-refractivity contribution >= 4 is 66.0 Å². The van der Waals surface area contributed by atoms with Crippen LogP contribution in [0.15, 0.2) is 364 Å². The fraction of sp³-hybridized carbons (Fsp3) is 0.0111. The summed E-state index contributed by atoms with van der Waals surface area (Å²) >= 11 is 3.32. The molecule has 18 aromatic rings. The third-order valence-corrected chi connectivity index (χ3v) is 15.9. The van der Waals surface area contributed by atoms with Crippen LogP contribution >= 0.6 is 22.7 Å². The van der Waals surface area contributed by atoms with E-state index >= 15 is 0 Å². The summed E-state index contributed by atoms with van der Waals surface area (Å²) in [5.74, 6) is 0. The molecule has 0 aliphatic carbocycles. The SMILES string of the molecule is C.[Pt+2].[Pt+2].[Pt+2].[Pt].[c-]1cccc2ccc3cccnc3c12.[c-]1cccc2ccc3cccnc3c12.[c-]1ccccc1-c1[c-]cccc1.[c-]1ccccc1-c1ccccn1.[c-]1ccccc1-c1ccccn1.[c-]1ccccc1-c1ccccn1.[c-]1ccsc1-c1ccccn1.[c-]1ccsc1-c1ccccn1. The summed E-state index contributed by atoms with van der Waals surface area (Å²) in [6.45, 7) is 0. The summed E-state index contributed by atoms with van der Waals surface area (Å²) < 4.78 is 0. The minimum absolute atomic E-state index is 0. The van der Waals surface area contributed by atoms with Crippen LogP contribution in [0, 0.1) is 54.6 Å². The monoisotopic (exact) mass is 2090 g/mol. The van der Waals surface area contributed by atoms with Crippen LogP contribution in [-0.2, 0) is 84.3 Å². The molecule has 18 rings (SSSR count). The third-order valence-electron chi connectivity index (χ3n) is 14.2. The van der Waals surface area contributed by atoms with Gasteiger partial charge in [0, 0.05) is 64.4 Å². The summed E-state index contributed by atoms with van der Waals surface area (Å²) in [5, 5.41) is 10.9. The summed E-state index contributed by atoms with van der Waals surface area (Å²) in [4.78, 5) is 32.0. The maximum absolute atomic E-state index is 4.38. The molecule has 0 N–H and O–H groups in total. The van der Waals surface area contributed by atoms with Gasteiger partial charge in [-0.15, -0.1) is 201 Å². The van der Waals surface area contributed by atoms with E-state index in [1.165, 1.54) is 21.5 Å². The zero-order chi connectivity index (χ0) is 66.7. The fourth-order valence-electron chi connectivity index (χ4n) is 9.57. The standard InChI is InChI=1S/2C13H8N.C12H8.3C11H8N.2C9H6NS.CH4.4Pt/c2*1-2-6-12-10(4-1)7-8-11-5-3-9-14-13(11)12;1-3-7-11(8-4-1)12-9-5-2-6-10-12;3*1-2-6-10(7-3-1)11-8-4-5-9-12-11;2*1-2-6-10-8(4-1)9-5-3-7-11-9;;;;;/h2*1-5,7-9H;1-7,9H;3*1-6,8-9H;2*1-4,6-7H;1H4;;;;/q2*-1;-2;5*-1;;;3*+2. The number of nitrogens with zero attached hydrogens (tertiary/aromatic N) is 7. The van der Waals surface area contributed by atoms with E-state index < -0.39 is 0 Å². The van der Waals surface area contributed by atoms with Gasteiger partial charge in [0.2, 0.25) is 0 Å². The van der Waals surface area contributed by atoms with Crippen LogP contribution in [0.25, 0.3) is 109 Å². The van der Waals surface area contributed by atoms with Gasteiger partial charge < -0.3 is 34.9 Å². The molecular formula is C90H64N7Pt4S2-3. The molecule has 103 heavy (non-hydrogen) atoms. The van der Waals surface area contributed by atoms with Crippen LogP contribution < -0.4 is 0 Å². The van der Waals surface area contributed by atoms with Crippen LogP contribution in [0.3, 0.4) is 0 Å². The van der Waals surface area contributed by atoms with Crippen LogP contribution in [0.5, 0.6) is 0 Å². The summed E-state index contributed by atoms with van der Waals surface area (Å²) in [6, 6.07) is 129. The molecule has 0 saturated carbocycles. The van der Waals surface area contributed by atoms with Crippen molar-refractivity contribution < 1.29 is 84.3 Å². The molecule has 0 unspecified atom stereocenters. The topological polar surface area (TPSA) is 90.2 Å². The van der Waals surface area contributed by atoms with Gasteiger partial charge in [0.15, 0.2) is 0 Å². The van der Waals surface area contributed by atoms with Crippen molar-refractivity contribution in [2.45, 2.75) is 7.43 Å². The molecule has 9 aromatic carbocycles. The van der Waals surface area contributed by atoms with Crippen LogP contribution in [0.2, 0.25) is 0 Å². The molecule has 9 heterocycles. The van der Waals surface area contributed by atoms with Gasteiger partial charge in [-0.1, -0.05) is 114 Å². The number of fused-ring (bicyclic) bond motifs is 6. The van der Waals surface area contributed by atoms with Crippen molar-refractivity contribution in [3.8, 4) is 66.0 Å². The maximum atomic E-state index is 4.38. The molecule has 0 radical (unpaired) electrons. The first-order valence-corrected chi connectivity index (χ1v) is 33.1. The first-order valence-electron chi connectivity index (χ1n) is 31.3. The van der Waals surface area contributed by atoms with Gasteiger partial charge in [-0.25, -0.2) is 33.8 Å². The quantitative estimate of drug-likeness (QED) is 0.121. The second kappa shape index (κ2) is 46.7. The zero-order valence-corrected chi connectivity index (χ0v) is 65.1. The molecule has 7 nitrogen and oxygen atoms in total. The molecule has 0 atom stereocenters. The number of hydrogen-bond acceptors (Lipinski definition) is 9. The van der Waals surface area contributed by atoms with Crippen LogP contribution in [0.1, 0.15) is 7.43 Å². The Bertz CT molecular complexity index is 4430. The van der Waals surface area contributed by atoms with Gasteiger partial charge in [-0.05, 0) is 92.7 Å². The first-order chi connectivity index (χ1) is 48.7. The molecule has 0 aliphatic rings. The van der Waals surface area contributed by atoms with Crippen molar-refractivity contribution in [2.24, 2.45) is 0 Å². The Morgan fingerprint density at radius 1 is 0.214 bits per heavy atom. The Morgan fingerprint density at radius 2 is 0.485 bits per heavy atom. The van der Waals surface area contributed by atoms with Crippen molar-refractivity contribution in [3.05, 3.63) is 418 Å². The van der Waals surface area contributed by atoms with Gasteiger partial charge in [0.05, 0.1) is 0 Å². The maximum Gasteiger partial charge on any atom is 2.00 e. The van der Waals surface area contributed by atoms with Gasteiger partial charge >= 0.3 is 63.2 Å². The fourth-order valence-corrected chi connectivity index (χ4v) is 10.9. The molecule has 0 saturated heterocycles. The molecule has 0 amide bonds. The van der Waals surface area contributed by atoms with Crippen molar-refractivity contribution in [1.29, 1.82) is 0 Å². The van der Waals surface area contributed by atoms with Gasteiger partial charge in [0.1, 0.15) is 0 Å². The first kappa shape index (κ1) is 82.2. The van der Waals surface area contributed by atoms with Crippen molar-refractivity contribution in [3.63, 3.8) is 0 Å². The number of benzene rings is 9. The minimum Gasteiger partial charge on any atom is -0.319 e. The number of rotatable bonds is 6. The van der Waals surface area contributed by atoms with Gasteiger partial charge in [-0.3, -0.25) is 0 Å². The van der Waals surface area contributed by atoms with Crippen molar-refractivity contribution in [2.75, 3.05) is 0 Å². The molecule has 0 fully saturated rings. The molecular weight excluding hydrogens is 2020 g/mol. The van der Waals surface area contributed by atoms with E-state index in [4.69, 9.17) is 0 Å². The summed E-state index contributed by atoms with van der Waals surface area (Å²) in [5.41, 5.74) is 12.3. The van der Waals surface area contributed by atoms with Crippen LogP contribution in [-0.4, -0.2) is 34.9 Å². The molecule has 0 spiro atoms. The van der Waals surface area contributed by atoms with Crippen molar-refractivity contribution in [1.82, 2.24) is 34.9 Å². The Balaban J connectivity index is 0.000000184. The van der Waals surface area contributed by atoms with Crippen LogP contribution in [0.4, 0.5) is 0 Å².